The van der Waals surface area contributed by atoms with Crippen LogP contribution in [-0.2, 0) is 0 Å². The highest BCUT2D eigenvalue weighted by Crippen LogP contribution is 2.30. The Morgan fingerprint density at radius 2 is 1.71 bits per heavy atom. The third kappa shape index (κ3) is 5.19. The van der Waals surface area contributed by atoms with Gasteiger partial charge in [0.1, 0.15) is 11.3 Å². The standard InChI is InChI=1S/C23H33N7O/c1-5-8-9-23(4,15-31)29-19-11-20(24)28-18-10-16(12-25-21(18)19)17-13-26-22(27-14-17)30(6-2)7-3/h10-14,31H,5-9,15H2,1-4H3,(H3,24,28,29). The van der Waals surface area contributed by atoms with E-state index in [0.717, 1.165) is 54.7 Å². The van der Waals surface area contributed by atoms with Crippen LogP contribution in [0.2, 0.25) is 0 Å². The van der Waals surface area contributed by atoms with Crippen molar-refractivity contribution in [2.45, 2.75) is 52.5 Å². The van der Waals surface area contributed by atoms with Crippen molar-refractivity contribution in [1.29, 1.82) is 0 Å². The number of aromatic nitrogens is 4. The molecule has 3 rings (SSSR count). The molecule has 0 radical (unpaired) electrons. The van der Waals surface area contributed by atoms with Crippen molar-refractivity contribution in [3.63, 3.8) is 0 Å². The summed E-state index contributed by atoms with van der Waals surface area (Å²) in [5.74, 6) is 1.12. The lowest BCUT2D eigenvalue weighted by Crippen LogP contribution is -2.38. The van der Waals surface area contributed by atoms with Gasteiger partial charge in [-0.2, -0.15) is 0 Å². The predicted molar refractivity (Wildman–Crippen MR) is 127 cm³/mol. The molecule has 8 heteroatoms. The Labute approximate surface area is 184 Å². The molecule has 31 heavy (non-hydrogen) atoms. The third-order valence-corrected chi connectivity index (χ3v) is 5.55. The number of rotatable bonds is 10. The number of nitrogen functional groups attached to an aromatic ring is 1. The van der Waals surface area contributed by atoms with E-state index in [2.05, 4.69) is 50.9 Å². The van der Waals surface area contributed by atoms with Gasteiger partial charge in [0.05, 0.1) is 23.3 Å². The minimum absolute atomic E-state index is 0.0189. The molecule has 0 saturated carbocycles. The van der Waals surface area contributed by atoms with Crippen LogP contribution in [0.25, 0.3) is 22.2 Å². The van der Waals surface area contributed by atoms with Crippen molar-refractivity contribution >= 4 is 28.5 Å². The van der Waals surface area contributed by atoms with Gasteiger partial charge in [-0.05, 0) is 33.3 Å². The van der Waals surface area contributed by atoms with Crippen LogP contribution < -0.4 is 16.0 Å². The zero-order valence-electron chi connectivity index (χ0n) is 18.9. The number of hydrogen-bond donors (Lipinski definition) is 3. The SMILES string of the molecule is CCCCC(C)(CO)Nc1cc(N)nc2cc(-c3cnc(N(CC)CC)nc3)cnc12. The number of aliphatic hydroxyl groups is 1. The summed E-state index contributed by atoms with van der Waals surface area (Å²) in [5, 5.41) is 13.4. The average Bonchev–Trinajstić information content (AvgIpc) is 2.78. The number of nitrogens with one attached hydrogen (secondary N) is 1. The first kappa shape index (κ1) is 22.7. The van der Waals surface area contributed by atoms with Gasteiger partial charge in [-0.25, -0.2) is 15.0 Å². The quantitative estimate of drug-likeness (QED) is 0.450. The Morgan fingerprint density at radius 1 is 1.03 bits per heavy atom. The molecule has 1 unspecified atom stereocenters. The van der Waals surface area contributed by atoms with Crippen molar-refractivity contribution in [3.8, 4) is 11.1 Å². The topological polar surface area (TPSA) is 113 Å². The zero-order valence-corrected chi connectivity index (χ0v) is 18.9. The highest BCUT2D eigenvalue weighted by atomic mass is 16.3. The number of nitrogens with two attached hydrogens (primary N) is 1. The number of pyridine rings is 2. The Balaban J connectivity index is 1.94. The molecule has 1 atom stereocenters. The van der Waals surface area contributed by atoms with Crippen LogP contribution in [0.1, 0.15) is 47.0 Å². The maximum absolute atomic E-state index is 9.96. The van der Waals surface area contributed by atoms with Crippen molar-refractivity contribution in [2.24, 2.45) is 0 Å². The summed E-state index contributed by atoms with van der Waals surface area (Å²) in [7, 11) is 0. The molecule has 0 saturated heterocycles. The van der Waals surface area contributed by atoms with E-state index in [1.54, 1.807) is 12.3 Å². The van der Waals surface area contributed by atoms with E-state index in [4.69, 9.17) is 5.73 Å². The Hall–Kier alpha value is -3.00. The lowest BCUT2D eigenvalue weighted by Gasteiger charge is -2.30. The summed E-state index contributed by atoms with van der Waals surface area (Å²) >= 11 is 0. The largest absolute Gasteiger partial charge is 0.394 e. The van der Waals surface area contributed by atoms with Gasteiger partial charge in [0.2, 0.25) is 5.95 Å². The van der Waals surface area contributed by atoms with E-state index in [1.807, 2.05) is 25.4 Å². The molecule has 0 bridgehead atoms. The van der Waals surface area contributed by atoms with E-state index in [0.29, 0.717) is 17.3 Å². The second kappa shape index (κ2) is 9.87. The molecular weight excluding hydrogens is 390 g/mol. The van der Waals surface area contributed by atoms with Crippen LogP contribution in [0.15, 0.2) is 30.7 Å². The molecular formula is C23H33N7O. The van der Waals surface area contributed by atoms with E-state index in [-0.39, 0.29) is 6.61 Å². The number of fused-ring (bicyclic) bond motifs is 1. The van der Waals surface area contributed by atoms with Crippen molar-refractivity contribution < 1.29 is 5.11 Å². The lowest BCUT2D eigenvalue weighted by atomic mass is 9.95. The van der Waals surface area contributed by atoms with Gasteiger partial charge in [-0.1, -0.05) is 19.8 Å². The van der Waals surface area contributed by atoms with Gasteiger partial charge in [-0.15, -0.1) is 0 Å². The van der Waals surface area contributed by atoms with E-state index >= 15 is 0 Å². The molecule has 166 valence electrons. The van der Waals surface area contributed by atoms with Crippen LogP contribution in [-0.4, -0.2) is 50.3 Å². The Bertz CT molecular complexity index is 1000. The molecule has 0 fully saturated rings. The molecule has 0 amide bonds. The van der Waals surface area contributed by atoms with Crippen molar-refractivity contribution in [3.05, 3.63) is 30.7 Å². The maximum atomic E-state index is 9.96. The second-order valence-electron chi connectivity index (χ2n) is 8.08. The zero-order chi connectivity index (χ0) is 22.4. The predicted octanol–water partition coefficient (Wildman–Crippen LogP) is 3.87. The Morgan fingerprint density at radius 3 is 2.32 bits per heavy atom. The minimum Gasteiger partial charge on any atom is -0.394 e. The molecule has 0 spiro atoms. The summed E-state index contributed by atoms with van der Waals surface area (Å²) in [4.78, 5) is 20.2. The fourth-order valence-corrected chi connectivity index (χ4v) is 3.60. The second-order valence-corrected chi connectivity index (χ2v) is 8.08. The number of nitrogens with zero attached hydrogens (tertiary/aromatic N) is 5. The van der Waals surface area contributed by atoms with Gasteiger partial charge in [-0.3, -0.25) is 4.98 Å². The van der Waals surface area contributed by atoms with Gasteiger partial charge < -0.3 is 21.1 Å². The van der Waals surface area contributed by atoms with Crippen LogP contribution in [0.4, 0.5) is 17.5 Å². The summed E-state index contributed by atoms with van der Waals surface area (Å²) in [6.07, 6.45) is 8.34. The Kier molecular flexibility index (Phi) is 7.22. The summed E-state index contributed by atoms with van der Waals surface area (Å²) in [6.45, 7) is 10.0. The van der Waals surface area contributed by atoms with E-state index in [9.17, 15) is 5.11 Å². The highest BCUT2D eigenvalue weighted by Gasteiger charge is 2.24. The summed E-state index contributed by atoms with van der Waals surface area (Å²) < 4.78 is 0. The fourth-order valence-electron chi connectivity index (χ4n) is 3.60. The molecule has 0 aliphatic carbocycles. The normalized spacial score (nSPS) is 13.2. The third-order valence-electron chi connectivity index (χ3n) is 5.55. The average molecular weight is 424 g/mol. The van der Waals surface area contributed by atoms with Crippen LogP contribution >= 0.6 is 0 Å². The van der Waals surface area contributed by atoms with Crippen molar-refractivity contribution in [2.75, 3.05) is 35.6 Å². The maximum Gasteiger partial charge on any atom is 0.225 e. The van der Waals surface area contributed by atoms with Gasteiger partial charge in [0, 0.05) is 48.9 Å². The molecule has 0 aliphatic rings. The van der Waals surface area contributed by atoms with Crippen LogP contribution in [0, 0.1) is 0 Å². The molecule has 4 N–H and O–H groups in total. The number of unbranched alkanes of at least 4 members (excludes halogenated alkanes) is 1. The van der Waals surface area contributed by atoms with Crippen LogP contribution in [0.3, 0.4) is 0 Å². The number of hydrogen-bond acceptors (Lipinski definition) is 8. The highest BCUT2D eigenvalue weighted by molar-refractivity contribution is 5.91. The van der Waals surface area contributed by atoms with E-state index < -0.39 is 5.54 Å². The first-order valence-corrected chi connectivity index (χ1v) is 11.0. The summed E-state index contributed by atoms with van der Waals surface area (Å²) in [6, 6.07) is 3.72. The summed E-state index contributed by atoms with van der Waals surface area (Å²) in [5.41, 5.74) is 9.55. The minimum atomic E-state index is -0.453. The fraction of sp³-hybridized carbons (Fsp3) is 0.478. The first-order chi connectivity index (χ1) is 14.9. The monoisotopic (exact) mass is 423 g/mol. The molecule has 3 aromatic rings. The number of anilines is 3. The van der Waals surface area contributed by atoms with Crippen molar-refractivity contribution in [1.82, 2.24) is 19.9 Å². The van der Waals surface area contributed by atoms with Gasteiger partial charge in [0.15, 0.2) is 0 Å². The molecule has 0 aliphatic heterocycles. The molecule has 3 aromatic heterocycles. The number of aliphatic hydroxyl groups excluding tert-OH is 1. The van der Waals surface area contributed by atoms with E-state index in [1.165, 1.54) is 0 Å². The molecule has 3 heterocycles. The van der Waals surface area contributed by atoms with Gasteiger partial charge in [0.25, 0.3) is 0 Å². The smallest absolute Gasteiger partial charge is 0.225 e. The van der Waals surface area contributed by atoms with Crippen LogP contribution in [0.5, 0.6) is 0 Å². The lowest BCUT2D eigenvalue weighted by molar-refractivity contribution is 0.212. The molecule has 0 aromatic carbocycles. The first-order valence-electron chi connectivity index (χ1n) is 11.0. The molecule has 8 nitrogen and oxygen atoms in total. The van der Waals surface area contributed by atoms with Gasteiger partial charge >= 0.3 is 0 Å².